The topological polar surface area (TPSA) is 22.1 Å². The van der Waals surface area contributed by atoms with Crippen molar-refractivity contribution >= 4 is 34.0 Å². The van der Waals surface area contributed by atoms with Gasteiger partial charge in [-0.05, 0) is 19.1 Å². The van der Waals surface area contributed by atoms with Gasteiger partial charge in [0, 0.05) is 39.3 Å². The van der Waals surface area contributed by atoms with E-state index in [2.05, 4.69) is 4.98 Å². The second kappa shape index (κ2) is 5.92. The van der Waals surface area contributed by atoms with E-state index in [9.17, 15) is 0 Å². The molecule has 3 rings (SSSR count). The first-order chi connectivity index (χ1) is 10.2. The van der Waals surface area contributed by atoms with Crippen LogP contribution >= 0.6 is 23.2 Å². The first-order valence-electron chi connectivity index (χ1n) is 6.55. The Bertz CT molecular complexity index is 802. The molecule has 0 saturated carbocycles. The van der Waals surface area contributed by atoms with Crippen LogP contribution in [-0.2, 0) is 5.88 Å². The van der Waals surface area contributed by atoms with Crippen LogP contribution in [-0.4, -0.2) is 4.98 Å². The first kappa shape index (κ1) is 14.2. The molecule has 21 heavy (non-hydrogen) atoms. The van der Waals surface area contributed by atoms with Crippen molar-refractivity contribution in [3.05, 3.63) is 64.9 Å². The Balaban J connectivity index is 2.11. The molecule has 0 unspecified atom stereocenters. The quantitative estimate of drug-likeness (QED) is 0.576. The molecule has 0 aliphatic heterocycles. The van der Waals surface area contributed by atoms with Crippen LogP contribution in [0.1, 0.15) is 11.3 Å². The number of rotatable bonds is 3. The molecule has 0 fully saturated rings. The van der Waals surface area contributed by atoms with E-state index in [-0.39, 0.29) is 0 Å². The Morgan fingerprint density at radius 3 is 2.57 bits per heavy atom. The molecule has 0 radical (unpaired) electrons. The zero-order valence-corrected chi connectivity index (χ0v) is 12.9. The number of halogens is 2. The van der Waals surface area contributed by atoms with E-state index < -0.39 is 0 Å². The van der Waals surface area contributed by atoms with Crippen LogP contribution in [0.4, 0.5) is 0 Å². The standard InChI is InChI=1S/C17H13Cl2NO/c1-11-8-17(12(9-18)10-20-11)21-16-7-6-15(19)13-4-2-3-5-14(13)16/h2-8,10H,9H2,1H3. The van der Waals surface area contributed by atoms with Gasteiger partial charge in [-0.2, -0.15) is 0 Å². The number of nitrogens with zero attached hydrogens (tertiary/aromatic N) is 1. The van der Waals surface area contributed by atoms with Crippen molar-refractivity contribution in [3.8, 4) is 11.5 Å². The predicted molar refractivity (Wildman–Crippen MR) is 87.6 cm³/mol. The van der Waals surface area contributed by atoms with E-state index in [1.807, 2.05) is 49.4 Å². The molecular weight excluding hydrogens is 305 g/mol. The van der Waals surface area contributed by atoms with E-state index in [1.54, 1.807) is 6.20 Å². The number of pyridine rings is 1. The zero-order chi connectivity index (χ0) is 14.8. The van der Waals surface area contributed by atoms with Gasteiger partial charge in [-0.15, -0.1) is 11.6 Å². The van der Waals surface area contributed by atoms with E-state index in [0.717, 1.165) is 33.5 Å². The molecule has 106 valence electrons. The fourth-order valence-electron chi connectivity index (χ4n) is 2.20. The summed E-state index contributed by atoms with van der Waals surface area (Å²) in [5.41, 5.74) is 1.75. The summed E-state index contributed by atoms with van der Waals surface area (Å²) in [6.45, 7) is 1.92. The summed E-state index contributed by atoms with van der Waals surface area (Å²) in [6.07, 6.45) is 1.75. The average molecular weight is 318 g/mol. The van der Waals surface area contributed by atoms with Crippen LogP contribution in [0.2, 0.25) is 5.02 Å². The van der Waals surface area contributed by atoms with Crippen molar-refractivity contribution in [3.63, 3.8) is 0 Å². The number of ether oxygens (including phenoxy) is 1. The normalized spacial score (nSPS) is 10.8. The Labute approximate surface area is 133 Å². The number of aryl methyl sites for hydroxylation is 1. The van der Waals surface area contributed by atoms with Crippen molar-refractivity contribution in [1.29, 1.82) is 0 Å². The monoisotopic (exact) mass is 317 g/mol. The molecular formula is C17H13Cl2NO. The zero-order valence-electron chi connectivity index (χ0n) is 11.4. The van der Waals surface area contributed by atoms with Gasteiger partial charge in [-0.1, -0.05) is 35.9 Å². The van der Waals surface area contributed by atoms with Crippen molar-refractivity contribution in [1.82, 2.24) is 4.98 Å². The highest BCUT2D eigenvalue weighted by Crippen LogP contribution is 2.35. The number of fused-ring (bicyclic) bond motifs is 1. The van der Waals surface area contributed by atoms with Gasteiger partial charge in [0.25, 0.3) is 0 Å². The molecule has 0 N–H and O–H groups in total. The van der Waals surface area contributed by atoms with Gasteiger partial charge >= 0.3 is 0 Å². The molecule has 1 aromatic heterocycles. The second-order valence-corrected chi connectivity index (χ2v) is 5.43. The molecule has 4 heteroatoms. The van der Waals surface area contributed by atoms with Crippen molar-refractivity contribution in [2.24, 2.45) is 0 Å². The first-order valence-corrected chi connectivity index (χ1v) is 7.47. The lowest BCUT2D eigenvalue weighted by molar-refractivity contribution is 0.482. The third-order valence-corrected chi connectivity index (χ3v) is 3.89. The summed E-state index contributed by atoms with van der Waals surface area (Å²) in [7, 11) is 0. The molecule has 0 spiro atoms. The Kier molecular flexibility index (Phi) is 4.00. The smallest absolute Gasteiger partial charge is 0.135 e. The van der Waals surface area contributed by atoms with E-state index >= 15 is 0 Å². The van der Waals surface area contributed by atoms with Gasteiger partial charge in [-0.3, -0.25) is 4.98 Å². The van der Waals surface area contributed by atoms with Crippen LogP contribution in [0.15, 0.2) is 48.7 Å². The SMILES string of the molecule is Cc1cc(Oc2ccc(Cl)c3ccccc23)c(CCl)cn1. The molecule has 2 nitrogen and oxygen atoms in total. The largest absolute Gasteiger partial charge is 0.456 e. The van der Waals surface area contributed by atoms with Crippen molar-refractivity contribution in [2.75, 3.05) is 0 Å². The van der Waals surface area contributed by atoms with Crippen LogP contribution in [0.25, 0.3) is 10.8 Å². The fourth-order valence-corrected chi connectivity index (χ4v) is 2.63. The summed E-state index contributed by atoms with van der Waals surface area (Å²) in [5.74, 6) is 1.84. The highest BCUT2D eigenvalue weighted by Gasteiger charge is 2.10. The van der Waals surface area contributed by atoms with Gasteiger partial charge in [0.15, 0.2) is 0 Å². The summed E-state index contributed by atoms with van der Waals surface area (Å²) < 4.78 is 6.07. The Morgan fingerprint density at radius 2 is 1.81 bits per heavy atom. The summed E-state index contributed by atoms with van der Waals surface area (Å²) in [5, 5.41) is 2.65. The molecule has 0 atom stereocenters. The maximum Gasteiger partial charge on any atom is 0.135 e. The van der Waals surface area contributed by atoms with E-state index in [0.29, 0.717) is 10.9 Å². The molecule has 2 aromatic carbocycles. The minimum atomic E-state index is 0.355. The lowest BCUT2D eigenvalue weighted by Gasteiger charge is -2.13. The van der Waals surface area contributed by atoms with Crippen molar-refractivity contribution < 1.29 is 4.74 Å². The van der Waals surface area contributed by atoms with Gasteiger partial charge in [0.05, 0.1) is 5.88 Å². The number of benzene rings is 2. The number of hydrogen-bond acceptors (Lipinski definition) is 2. The lowest BCUT2D eigenvalue weighted by atomic mass is 10.1. The van der Waals surface area contributed by atoms with Crippen LogP contribution in [0.5, 0.6) is 11.5 Å². The highest BCUT2D eigenvalue weighted by molar-refractivity contribution is 6.35. The molecule has 0 aliphatic rings. The van der Waals surface area contributed by atoms with E-state index in [4.69, 9.17) is 27.9 Å². The molecule has 1 heterocycles. The molecule has 0 amide bonds. The van der Waals surface area contributed by atoms with Crippen LogP contribution in [0, 0.1) is 6.92 Å². The molecule has 0 bridgehead atoms. The van der Waals surface area contributed by atoms with Gasteiger partial charge in [-0.25, -0.2) is 0 Å². The molecule has 0 aliphatic carbocycles. The Morgan fingerprint density at radius 1 is 1.05 bits per heavy atom. The van der Waals surface area contributed by atoms with E-state index in [1.165, 1.54) is 0 Å². The second-order valence-electron chi connectivity index (χ2n) is 4.76. The summed E-state index contributed by atoms with van der Waals surface area (Å²) in [4.78, 5) is 4.24. The summed E-state index contributed by atoms with van der Waals surface area (Å²) in [6, 6.07) is 13.5. The number of hydrogen-bond donors (Lipinski definition) is 0. The maximum atomic E-state index is 6.23. The number of aromatic nitrogens is 1. The van der Waals surface area contributed by atoms with Crippen molar-refractivity contribution in [2.45, 2.75) is 12.8 Å². The third kappa shape index (κ3) is 2.82. The number of alkyl halides is 1. The fraction of sp³-hybridized carbons (Fsp3) is 0.118. The lowest BCUT2D eigenvalue weighted by Crippen LogP contribution is -1.93. The molecule has 0 saturated heterocycles. The summed E-state index contributed by atoms with van der Waals surface area (Å²) >= 11 is 12.2. The average Bonchev–Trinajstić information content (AvgIpc) is 2.51. The molecule has 3 aromatic rings. The third-order valence-electron chi connectivity index (χ3n) is 3.28. The Hall–Kier alpha value is -1.77. The van der Waals surface area contributed by atoms with Gasteiger partial charge in [0.2, 0.25) is 0 Å². The minimum absolute atomic E-state index is 0.355. The van der Waals surface area contributed by atoms with Gasteiger partial charge in [0.1, 0.15) is 11.5 Å². The predicted octanol–water partition coefficient (Wildman–Crippen LogP) is 5.73. The van der Waals surface area contributed by atoms with Crippen LogP contribution < -0.4 is 4.74 Å². The maximum absolute atomic E-state index is 6.23. The van der Waals surface area contributed by atoms with Gasteiger partial charge < -0.3 is 4.74 Å². The minimum Gasteiger partial charge on any atom is -0.456 e. The van der Waals surface area contributed by atoms with Crippen LogP contribution in [0.3, 0.4) is 0 Å². The highest BCUT2D eigenvalue weighted by atomic mass is 35.5.